The van der Waals surface area contributed by atoms with Crippen LogP contribution in [0, 0.1) is 17.7 Å². The Labute approximate surface area is 146 Å². The van der Waals surface area contributed by atoms with Gasteiger partial charge in [-0.05, 0) is 25.0 Å². The SMILES string of the molecule is CNc1nc(N2C[C@@H](NC(=O)CCSC)[C@H](C3CC3)C2)ncc1F. The van der Waals surface area contributed by atoms with E-state index in [1.165, 1.54) is 19.0 Å². The molecule has 2 heterocycles. The summed E-state index contributed by atoms with van der Waals surface area (Å²) in [7, 11) is 1.64. The fourth-order valence-electron chi connectivity index (χ4n) is 3.31. The van der Waals surface area contributed by atoms with Crippen molar-refractivity contribution in [2.45, 2.75) is 25.3 Å². The van der Waals surface area contributed by atoms with E-state index >= 15 is 0 Å². The fourth-order valence-corrected chi connectivity index (χ4v) is 3.70. The van der Waals surface area contributed by atoms with E-state index in [1.807, 2.05) is 6.26 Å². The molecule has 0 radical (unpaired) electrons. The maximum atomic E-state index is 13.6. The standard InChI is InChI=1S/C16H24FN5OS/c1-18-15-12(17)7-19-16(21-15)22-8-11(10-3-4-10)13(9-22)20-14(23)5-6-24-2/h7,10-11,13H,3-6,8-9H2,1-2H3,(H,20,23)(H,18,19,21)/t11-,13+/m0/s1. The normalized spacial score (nSPS) is 23.4. The van der Waals surface area contributed by atoms with Gasteiger partial charge in [0.1, 0.15) is 0 Å². The molecular formula is C16H24FN5OS. The quantitative estimate of drug-likeness (QED) is 0.778. The number of nitrogens with zero attached hydrogens (tertiary/aromatic N) is 3. The number of hydrogen-bond donors (Lipinski definition) is 2. The third-order valence-corrected chi connectivity index (χ3v) is 5.34. The van der Waals surface area contributed by atoms with Crippen LogP contribution in [0.25, 0.3) is 0 Å². The summed E-state index contributed by atoms with van der Waals surface area (Å²) in [6.45, 7) is 1.49. The Bertz CT molecular complexity index is 598. The van der Waals surface area contributed by atoms with Gasteiger partial charge in [0.05, 0.1) is 12.2 Å². The first-order valence-corrected chi connectivity index (χ1v) is 9.75. The van der Waals surface area contributed by atoms with Gasteiger partial charge in [-0.3, -0.25) is 4.79 Å². The van der Waals surface area contributed by atoms with Crippen LogP contribution >= 0.6 is 11.8 Å². The molecule has 2 atom stereocenters. The van der Waals surface area contributed by atoms with Crippen LogP contribution in [-0.2, 0) is 4.79 Å². The molecule has 1 aliphatic heterocycles. The average Bonchev–Trinajstić information content (AvgIpc) is 3.34. The van der Waals surface area contributed by atoms with Crippen molar-refractivity contribution in [3.05, 3.63) is 12.0 Å². The Balaban J connectivity index is 1.69. The van der Waals surface area contributed by atoms with Crippen molar-refractivity contribution in [2.24, 2.45) is 11.8 Å². The molecule has 2 N–H and O–H groups in total. The van der Waals surface area contributed by atoms with Crippen LogP contribution in [0.15, 0.2) is 6.20 Å². The number of aromatic nitrogens is 2. The summed E-state index contributed by atoms with van der Waals surface area (Å²) in [5.41, 5.74) is 0. The predicted octanol–water partition coefficient (Wildman–Crippen LogP) is 1.74. The number of halogens is 1. The van der Waals surface area contributed by atoms with Crippen LogP contribution < -0.4 is 15.5 Å². The summed E-state index contributed by atoms with van der Waals surface area (Å²) in [5.74, 6) is 2.31. The number of rotatable bonds is 7. The Morgan fingerprint density at radius 3 is 2.92 bits per heavy atom. The van der Waals surface area contributed by atoms with Crippen LogP contribution in [0.2, 0.25) is 0 Å². The van der Waals surface area contributed by atoms with E-state index in [2.05, 4.69) is 25.5 Å². The fraction of sp³-hybridized carbons (Fsp3) is 0.688. The lowest BCUT2D eigenvalue weighted by atomic mass is 9.98. The van der Waals surface area contributed by atoms with Crippen LogP contribution in [0.3, 0.4) is 0 Å². The predicted molar refractivity (Wildman–Crippen MR) is 94.9 cm³/mol. The second-order valence-electron chi connectivity index (χ2n) is 6.44. The van der Waals surface area contributed by atoms with Gasteiger partial charge in [0.15, 0.2) is 11.6 Å². The lowest BCUT2D eigenvalue weighted by Crippen LogP contribution is -2.41. The average molecular weight is 353 g/mol. The number of carbonyl (C=O) groups excluding carboxylic acids is 1. The molecule has 1 aliphatic carbocycles. The van der Waals surface area contributed by atoms with Gasteiger partial charge in [0.2, 0.25) is 11.9 Å². The molecule has 1 amide bonds. The number of carbonyl (C=O) groups is 1. The Morgan fingerprint density at radius 2 is 2.25 bits per heavy atom. The topological polar surface area (TPSA) is 70.2 Å². The second kappa shape index (κ2) is 7.55. The van der Waals surface area contributed by atoms with Crippen molar-refractivity contribution >= 4 is 29.4 Å². The third kappa shape index (κ3) is 3.91. The van der Waals surface area contributed by atoms with Crippen molar-refractivity contribution in [1.29, 1.82) is 0 Å². The summed E-state index contributed by atoms with van der Waals surface area (Å²) in [4.78, 5) is 22.6. The number of thioether (sulfide) groups is 1. The van der Waals surface area contributed by atoms with Gasteiger partial charge < -0.3 is 15.5 Å². The molecule has 1 saturated heterocycles. The molecule has 1 saturated carbocycles. The van der Waals surface area contributed by atoms with Gasteiger partial charge in [-0.1, -0.05) is 0 Å². The molecule has 1 aromatic rings. The van der Waals surface area contributed by atoms with E-state index in [-0.39, 0.29) is 17.8 Å². The molecule has 3 rings (SSSR count). The Hall–Kier alpha value is -1.57. The minimum Gasteiger partial charge on any atom is -0.371 e. The van der Waals surface area contributed by atoms with E-state index in [4.69, 9.17) is 0 Å². The summed E-state index contributed by atoms with van der Waals surface area (Å²) < 4.78 is 13.6. The van der Waals surface area contributed by atoms with Crippen LogP contribution in [0.5, 0.6) is 0 Å². The highest BCUT2D eigenvalue weighted by Crippen LogP contribution is 2.42. The molecule has 0 spiro atoms. The van der Waals surface area contributed by atoms with Crippen LogP contribution in [0.1, 0.15) is 19.3 Å². The van der Waals surface area contributed by atoms with E-state index in [0.717, 1.165) is 12.3 Å². The maximum Gasteiger partial charge on any atom is 0.227 e. The van der Waals surface area contributed by atoms with E-state index < -0.39 is 5.82 Å². The Kier molecular flexibility index (Phi) is 5.43. The van der Waals surface area contributed by atoms with Gasteiger partial charge in [0, 0.05) is 38.2 Å². The number of hydrogen-bond acceptors (Lipinski definition) is 6. The minimum absolute atomic E-state index is 0.109. The highest BCUT2D eigenvalue weighted by Gasteiger charge is 2.43. The van der Waals surface area contributed by atoms with Gasteiger partial charge in [-0.15, -0.1) is 0 Å². The van der Waals surface area contributed by atoms with Gasteiger partial charge in [-0.2, -0.15) is 16.7 Å². The molecule has 132 valence electrons. The highest BCUT2D eigenvalue weighted by atomic mass is 32.2. The smallest absolute Gasteiger partial charge is 0.227 e. The summed E-state index contributed by atoms with van der Waals surface area (Å²) in [6.07, 6.45) is 6.20. The molecule has 1 aromatic heterocycles. The molecule has 6 nitrogen and oxygen atoms in total. The molecule has 0 aromatic carbocycles. The van der Waals surface area contributed by atoms with Crippen molar-refractivity contribution in [1.82, 2.24) is 15.3 Å². The zero-order valence-electron chi connectivity index (χ0n) is 14.1. The Morgan fingerprint density at radius 1 is 1.46 bits per heavy atom. The summed E-state index contributed by atoms with van der Waals surface area (Å²) >= 11 is 1.68. The van der Waals surface area contributed by atoms with Crippen LogP contribution in [-0.4, -0.2) is 54.1 Å². The van der Waals surface area contributed by atoms with Crippen molar-refractivity contribution in [3.63, 3.8) is 0 Å². The van der Waals surface area contributed by atoms with Crippen LogP contribution in [0.4, 0.5) is 16.2 Å². The molecule has 0 unspecified atom stereocenters. The van der Waals surface area contributed by atoms with E-state index in [1.54, 1.807) is 18.8 Å². The second-order valence-corrected chi connectivity index (χ2v) is 7.43. The van der Waals surface area contributed by atoms with Gasteiger partial charge >= 0.3 is 0 Å². The summed E-state index contributed by atoms with van der Waals surface area (Å²) in [6, 6.07) is 0.124. The monoisotopic (exact) mass is 353 g/mol. The van der Waals surface area contributed by atoms with E-state index in [0.29, 0.717) is 30.7 Å². The van der Waals surface area contributed by atoms with Crippen molar-refractivity contribution < 1.29 is 9.18 Å². The first kappa shape index (κ1) is 17.3. The number of amides is 1. The first-order valence-electron chi connectivity index (χ1n) is 8.36. The molecular weight excluding hydrogens is 329 g/mol. The van der Waals surface area contributed by atoms with E-state index in [9.17, 15) is 9.18 Å². The molecule has 8 heteroatoms. The molecule has 24 heavy (non-hydrogen) atoms. The highest BCUT2D eigenvalue weighted by molar-refractivity contribution is 7.98. The lowest BCUT2D eigenvalue weighted by Gasteiger charge is -2.19. The zero-order chi connectivity index (χ0) is 17.1. The number of anilines is 2. The molecule has 2 fully saturated rings. The van der Waals surface area contributed by atoms with Gasteiger partial charge in [0.25, 0.3) is 0 Å². The molecule has 2 aliphatic rings. The zero-order valence-corrected chi connectivity index (χ0v) is 14.9. The van der Waals surface area contributed by atoms with Crippen molar-refractivity contribution in [2.75, 3.05) is 42.4 Å². The third-order valence-electron chi connectivity index (χ3n) is 4.72. The van der Waals surface area contributed by atoms with Gasteiger partial charge in [-0.25, -0.2) is 9.37 Å². The minimum atomic E-state index is -0.457. The molecule has 0 bridgehead atoms. The largest absolute Gasteiger partial charge is 0.371 e. The maximum absolute atomic E-state index is 13.6. The number of nitrogens with one attached hydrogen (secondary N) is 2. The summed E-state index contributed by atoms with van der Waals surface area (Å²) in [5, 5.41) is 5.93. The first-order chi connectivity index (χ1) is 11.6. The lowest BCUT2D eigenvalue weighted by molar-refractivity contribution is -0.121. The van der Waals surface area contributed by atoms with Crippen molar-refractivity contribution in [3.8, 4) is 0 Å².